The van der Waals surface area contributed by atoms with Crippen LogP contribution in [0.15, 0.2) is 4.52 Å². The molecule has 5 nitrogen and oxygen atoms in total. The van der Waals surface area contributed by atoms with E-state index in [-0.39, 0.29) is 11.9 Å². The van der Waals surface area contributed by atoms with Gasteiger partial charge in [-0.2, -0.15) is 16.7 Å². The number of aliphatic hydroxyl groups excluding tert-OH is 1. The third-order valence-corrected chi connectivity index (χ3v) is 5.50. The van der Waals surface area contributed by atoms with Crippen molar-refractivity contribution in [2.45, 2.75) is 23.5 Å². The molecule has 90 valence electrons. The Morgan fingerprint density at radius 2 is 2.31 bits per heavy atom. The zero-order valence-electron chi connectivity index (χ0n) is 9.00. The van der Waals surface area contributed by atoms with Crippen molar-refractivity contribution >= 4 is 23.5 Å². The number of aromatic nitrogens is 2. The largest absolute Gasteiger partial charge is 0.394 e. The predicted octanol–water partition coefficient (Wildman–Crippen LogP) is 0.971. The lowest BCUT2D eigenvalue weighted by Crippen LogP contribution is -2.18. The van der Waals surface area contributed by atoms with Gasteiger partial charge < -0.3 is 15.4 Å². The van der Waals surface area contributed by atoms with Crippen LogP contribution in [0, 0.1) is 0 Å². The summed E-state index contributed by atoms with van der Waals surface area (Å²) in [5, 5.41) is 13.6. The molecule has 1 saturated heterocycles. The molecule has 0 spiro atoms. The molecule has 2 unspecified atom stereocenters. The first-order chi connectivity index (χ1) is 7.72. The SMILES string of the molecule is CC1SCCSC1c1noc([C@H](N)CO)n1. The first-order valence-corrected chi connectivity index (χ1v) is 7.25. The normalized spacial score (nSPS) is 27.9. The summed E-state index contributed by atoms with van der Waals surface area (Å²) in [6.45, 7) is 1.99. The molecule has 1 aliphatic rings. The fourth-order valence-corrected chi connectivity index (χ4v) is 4.19. The molecule has 1 aliphatic heterocycles. The quantitative estimate of drug-likeness (QED) is 0.838. The minimum atomic E-state index is -0.571. The van der Waals surface area contributed by atoms with Crippen LogP contribution in [0.25, 0.3) is 0 Å². The Morgan fingerprint density at radius 1 is 1.56 bits per heavy atom. The Balaban J connectivity index is 2.11. The van der Waals surface area contributed by atoms with E-state index < -0.39 is 6.04 Å². The summed E-state index contributed by atoms with van der Waals surface area (Å²) in [6, 6.07) is -0.571. The fourth-order valence-electron chi connectivity index (χ4n) is 1.51. The average Bonchev–Trinajstić information content (AvgIpc) is 2.78. The van der Waals surface area contributed by atoms with Gasteiger partial charge in [0, 0.05) is 16.8 Å². The average molecular weight is 261 g/mol. The maximum Gasteiger partial charge on any atom is 0.245 e. The van der Waals surface area contributed by atoms with Gasteiger partial charge in [0.05, 0.1) is 11.9 Å². The van der Waals surface area contributed by atoms with Gasteiger partial charge in [-0.1, -0.05) is 12.1 Å². The highest BCUT2D eigenvalue weighted by Gasteiger charge is 2.29. The van der Waals surface area contributed by atoms with E-state index in [4.69, 9.17) is 15.4 Å². The van der Waals surface area contributed by atoms with E-state index in [1.807, 2.05) is 23.5 Å². The predicted molar refractivity (Wildman–Crippen MR) is 65.4 cm³/mol. The lowest BCUT2D eigenvalue weighted by atomic mass is 10.3. The van der Waals surface area contributed by atoms with E-state index in [1.54, 1.807) is 0 Å². The van der Waals surface area contributed by atoms with E-state index in [0.29, 0.717) is 17.0 Å². The van der Waals surface area contributed by atoms with Gasteiger partial charge in [0.2, 0.25) is 5.89 Å². The van der Waals surface area contributed by atoms with Crippen molar-refractivity contribution in [3.63, 3.8) is 0 Å². The summed E-state index contributed by atoms with van der Waals surface area (Å²) in [6.07, 6.45) is 0. The van der Waals surface area contributed by atoms with Crippen LogP contribution < -0.4 is 5.73 Å². The zero-order valence-corrected chi connectivity index (χ0v) is 10.6. The van der Waals surface area contributed by atoms with E-state index >= 15 is 0 Å². The van der Waals surface area contributed by atoms with Crippen molar-refractivity contribution in [2.24, 2.45) is 5.73 Å². The molecular formula is C9H15N3O2S2. The van der Waals surface area contributed by atoms with Crippen molar-refractivity contribution in [3.05, 3.63) is 11.7 Å². The van der Waals surface area contributed by atoms with Crippen molar-refractivity contribution < 1.29 is 9.63 Å². The second-order valence-electron chi connectivity index (χ2n) is 3.65. The molecule has 3 N–H and O–H groups in total. The summed E-state index contributed by atoms with van der Waals surface area (Å²) in [5.41, 5.74) is 5.61. The number of hydrogen-bond acceptors (Lipinski definition) is 7. The van der Waals surface area contributed by atoms with Crippen molar-refractivity contribution in [1.82, 2.24) is 10.1 Å². The molecule has 16 heavy (non-hydrogen) atoms. The summed E-state index contributed by atoms with van der Waals surface area (Å²) in [5.74, 6) is 3.29. The minimum absolute atomic E-state index is 0.177. The number of hydrogen-bond donors (Lipinski definition) is 2. The van der Waals surface area contributed by atoms with Crippen LogP contribution in [0.3, 0.4) is 0 Å². The number of rotatable bonds is 3. The van der Waals surface area contributed by atoms with Gasteiger partial charge in [0.15, 0.2) is 5.82 Å². The van der Waals surface area contributed by atoms with E-state index in [0.717, 1.165) is 5.75 Å². The molecule has 7 heteroatoms. The number of nitrogens with two attached hydrogens (primary N) is 1. The van der Waals surface area contributed by atoms with E-state index in [1.165, 1.54) is 5.75 Å². The molecule has 0 bridgehead atoms. The van der Waals surface area contributed by atoms with E-state index in [9.17, 15) is 0 Å². The summed E-state index contributed by atoms with van der Waals surface area (Å²) in [7, 11) is 0. The van der Waals surface area contributed by atoms with Crippen LogP contribution in [0.1, 0.15) is 29.9 Å². The molecule has 1 fully saturated rings. The van der Waals surface area contributed by atoms with Gasteiger partial charge in [-0.15, -0.1) is 11.8 Å². The molecule has 0 aromatic carbocycles. The van der Waals surface area contributed by atoms with Crippen LogP contribution in [-0.4, -0.2) is 38.6 Å². The van der Waals surface area contributed by atoms with Crippen LogP contribution in [0.2, 0.25) is 0 Å². The Bertz CT molecular complexity index is 347. The second kappa shape index (κ2) is 5.39. The second-order valence-corrected chi connectivity index (χ2v) is 6.38. The van der Waals surface area contributed by atoms with Crippen molar-refractivity contribution in [3.8, 4) is 0 Å². The standard InChI is InChI=1S/C9H15N3O2S2/c1-5-7(16-3-2-15-5)8-11-9(14-12-8)6(10)4-13/h5-7,13H,2-4,10H2,1H3/t5?,6-,7?/m1/s1. The Morgan fingerprint density at radius 3 is 3.00 bits per heavy atom. The first kappa shape index (κ1) is 12.2. The molecule has 0 saturated carbocycles. The zero-order chi connectivity index (χ0) is 11.5. The topological polar surface area (TPSA) is 85.2 Å². The van der Waals surface area contributed by atoms with Crippen molar-refractivity contribution in [2.75, 3.05) is 18.1 Å². The molecule has 0 amide bonds. The van der Waals surface area contributed by atoms with Crippen molar-refractivity contribution in [1.29, 1.82) is 0 Å². The summed E-state index contributed by atoms with van der Waals surface area (Å²) >= 11 is 3.77. The van der Waals surface area contributed by atoms with Gasteiger partial charge in [0.1, 0.15) is 6.04 Å². The third-order valence-electron chi connectivity index (χ3n) is 2.41. The lowest BCUT2D eigenvalue weighted by Gasteiger charge is -2.24. The van der Waals surface area contributed by atoms with Gasteiger partial charge in [-0.3, -0.25) is 0 Å². The van der Waals surface area contributed by atoms with Crippen LogP contribution in [-0.2, 0) is 0 Å². The van der Waals surface area contributed by atoms with E-state index in [2.05, 4.69) is 17.1 Å². The Kier molecular flexibility index (Phi) is 4.12. The molecular weight excluding hydrogens is 246 g/mol. The molecule has 0 aliphatic carbocycles. The number of thioether (sulfide) groups is 2. The molecule has 2 rings (SSSR count). The van der Waals surface area contributed by atoms with Crippen LogP contribution in [0.5, 0.6) is 0 Å². The fraction of sp³-hybridized carbons (Fsp3) is 0.778. The maximum atomic E-state index is 8.90. The van der Waals surface area contributed by atoms with Gasteiger partial charge >= 0.3 is 0 Å². The minimum Gasteiger partial charge on any atom is -0.394 e. The highest BCUT2D eigenvalue weighted by atomic mass is 32.2. The molecule has 0 radical (unpaired) electrons. The van der Waals surface area contributed by atoms with Gasteiger partial charge in [-0.25, -0.2) is 0 Å². The lowest BCUT2D eigenvalue weighted by molar-refractivity contribution is 0.236. The monoisotopic (exact) mass is 261 g/mol. The van der Waals surface area contributed by atoms with Gasteiger partial charge in [-0.05, 0) is 0 Å². The summed E-state index contributed by atoms with van der Waals surface area (Å²) < 4.78 is 5.05. The Hall–Kier alpha value is -0.240. The summed E-state index contributed by atoms with van der Waals surface area (Å²) in [4.78, 5) is 4.26. The molecule has 1 aromatic rings. The molecule has 1 aromatic heterocycles. The highest BCUT2D eigenvalue weighted by molar-refractivity contribution is 8.06. The Labute approximate surface area is 103 Å². The third kappa shape index (κ3) is 2.53. The number of nitrogens with zero attached hydrogens (tertiary/aromatic N) is 2. The molecule has 2 heterocycles. The molecule has 3 atom stereocenters. The smallest absolute Gasteiger partial charge is 0.245 e. The maximum absolute atomic E-state index is 8.90. The van der Waals surface area contributed by atoms with Crippen LogP contribution >= 0.6 is 23.5 Å². The highest BCUT2D eigenvalue weighted by Crippen LogP contribution is 2.41. The van der Waals surface area contributed by atoms with Gasteiger partial charge in [0.25, 0.3) is 0 Å². The van der Waals surface area contributed by atoms with Crippen LogP contribution in [0.4, 0.5) is 0 Å². The first-order valence-electron chi connectivity index (χ1n) is 5.15. The number of aliphatic hydroxyl groups is 1.